The number of ketones is 1. The van der Waals surface area contributed by atoms with Crippen molar-refractivity contribution in [1.29, 1.82) is 0 Å². The van der Waals surface area contributed by atoms with Gasteiger partial charge in [0.25, 0.3) is 0 Å². The summed E-state index contributed by atoms with van der Waals surface area (Å²) in [6.07, 6.45) is 19.4. The van der Waals surface area contributed by atoms with Crippen LogP contribution in [0.1, 0.15) is 130 Å². The average molecular weight is 943 g/mol. The normalized spacial score (nSPS) is 24.3. The highest BCUT2D eigenvalue weighted by Crippen LogP contribution is 2.39. The summed E-state index contributed by atoms with van der Waals surface area (Å²) in [5.74, 6) is 2.39. The van der Waals surface area contributed by atoms with Gasteiger partial charge in [-0.25, -0.2) is 9.78 Å². The van der Waals surface area contributed by atoms with Crippen LogP contribution in [0.2, 0.25) is 0 Å². The zero-order valence-electron chi connectivity index (χ0n) is 41.8. The summed E-state index contributed by atoms with van der Waals surface area (Å²) in [5.41, 5.74) is 11.9. The predicted molar refractivity (Wildman–Crippen MR) is 278 cm³/mol. The molecule has 6 heterocycles. The number of allylic oxidation sites excluding steroid dienone is 2. The molecular formula is C58H70N8O4. The quantitative estimate of drug-likeness (QED) is 0.0928. The predicted octanol–water partition coefficient (Wildman–Crippen LogP) is 9.30. The van der Waals surface area contributed by atoms with Gasteiger partial charge in [-0.3, -0.25) is 38.7 Å². The highest BCUT2D eigenvalue weighted by molar-refractivity contribution is 6.08. The molecule has 5 unspecified atom stereocenters. The summed E-state index contributed by atoms with van der Waals surface area (Å²) in [4.78, 5) is 66.4. The molecule has 3 aromatic heterocycles. The Kier molecular flexibility index (Phi) is 13.9. The molecule has 0 saturated carbocycles. The van der Waals surface area contributed by atoms with Crippen molar-refractivity contribution in [3.05, 3.63) is 129 Å². The molecule has 0 radical (unpaired) electrons. The number of aryl methyl sites for hydroxylation is 1. The Morgan fingerprint density at radius 3 is 2.43 bits per heavy atom. The maximum Gasteiger partial charge on any atom is 0.329 e. The van der Waals surface area contributed by atoms with Crippen LogP contribution in [0.15, 0.2) is 95.1 Å². The number of rotatable bonds is 12. The van der Waals surface area contributed by atoms with Gasteiger partial charge in [-0.05, 0) is 186 Å². The van der Waals surface area contributed by atoms with Gasteiger partial charge < -0.3 is 10.2 Å². The maximum absolute atomic E-state index is 13.9. The molecule has 0 spiro atoms. The average Bonchev–Trinajstić information content (AvgIpc) is 3.48. The molecule has 2 N–H and O–H groups in total. The lowest BCUT2D eigenvalue weighted by Crippen LogP contribution is -2.44. The summed E-state index contributed by atoms with van der Waals surface area (Å²) in [7, 11) is 3.65. The van der Waals surface area contributed by atoms with Crippen molar-refractivity contribution in [2.24, 2.45) is 24.8 Å². The highest BCUT2D eigenvalue weighted by Gasteiger charge is 2.34. The van der Waals surface area contributed by atoms with Crippen LogP contribution < -0.4 is 16.3 Å². The van der Waals surface area contributed by atoms with Gasteiger partial charge in [0.2, 0.25) is 11.8 Å². The fourth-order valence-corrected chi connectivity index (χ4v) is 12.7. The molecule has 5 aromatic rings. The lowest BCUT2D eigenvalue weighted by atomic mass is 9.80. The van der Waals surface area contributed by atoms with E-state index in [1.807, 2.05) is 31.6 Å². The molecule has 366 valence electrons. The van der Waals surface area contributed by atoms with E-state index in [2.05, 4.69) is 107 Å². The third-order valence-electron chi connectivity index (χ3n) is 16.9. The van der Waals surface area contributed by atoms with Gasteiger partial charge in [-0.1, -0.05) is 49.4 Å². The van der Waals surface area contributed by atoms with Crippen molar-refractivity contribution in [3.8, 4) is 11.1 Å². The van der Waals surface area contributed by atoms with Crippen LogP contribution >= 0.6 is 0 Å². The van der Waals surface area contributed by atoms with Crippen molar-refractivity contribution in [3.63, 3.8) is 0 Å². The molecule has 5 aliphatic rings. The van der Waals surface area contributed by atoms with Crippen LogP contribution in [0.25, 0.3) is 28.2 Å². The lowest BCUT2D eigenvalue weighted by molar-refractivity contribution is -0.135. The fraction of sp³-hybridized carbons (Fsp3) is 0.483. The Morgan fingerprint density at radius 1 is 0.871 bits per heavy atom. The number of likely N-dealkylation sites (tertiary alicyclic amines) is 2. The van der Waals surface area contributed by atoms with Crippen molar-refractivity contribution in [2.75, 3.05) is 38.5 Å². The van der Waals surface area contributed by atoms with Crippen LogP contribution in [-0.4, -0.2) is 91.8 Å². The number of Topliss-reactive ketones (excluding diaryl/α,β-unsaturated/α-hetero) is 1. The molecule has 70 heavy (non-hydrogen) atoms. The molecule has 6 atom stereocenters. The number of carbonyl (C=O) groups is 3. The van der Waals surface area contributed by atoms with Gasteiger partial charge in [0.1, 0.15) is 11.9 Å². The van der Waals surface area contributed by atoms with E-state index >= 15 is 0 Å². The molecule has 2 aromatic carbocycles. The first kappa shape index (κ1) is 47.7. The van der Waals surface area contributed by atoms with E-state index in [1.54, 1.807) is 16.2 Å². The van der Waals surface area contributed by atoms with Gasteiger partial charge in [-0.15, -0.1) is 0 Å². The monoisotopic (exact) mass is 943 g/mol. The highest BCUT2D eigenvalue weighted by atomic mass is 16.2. The molecule has 12 heteroatoms. The number of nitrogens with zero attached hydrogens (tertiary/aromatic N) is 6. The second kappa shape index (κ2) is 20.4. The molecule has 2 aliphatic carbocycles. The molecule has 10 rings (SSSR count). The number of hydrogen-bond acceptors (Lipinski definition) is 9. The van der Waals surface area contributed by atoms with E-state index in [-0.39, 0.29) is 23.8 Å². The summed E-state index contributed by atoms with van der Waals surface area (Å²) in [6.45, 7) is 11.3. The SMILES string of the molecule is CNc1ccc(-c2ccnc3c2C=C(C(C)N2CCC(c4ccc(C(=O)C5=CCCC(CN6CCC(Cc7ccc8c(c7)n(C)c(=O)n8C7CCC(=O)NC7=O)C[C@@H]6C)CC5)cc4)CC2)C(C)C3)cn1. The number of nitrogens with one attached hydrogen (secondary N) is 2. The first-order valence-electron chi connectivity index (χ1n) is 26.1. The Bertz CT molecular complexity index is 2890. The maximum atomic E-state index is 13.9. The minimum atomic E-state index is -0.676. The molecule has 3 aliphatic heterocycles. The Balaban J connectivity index is 0.690. The van der Waals surface area contributed by atoms with E-state index in [0.717, 1.165) is 124 Å². The number of anilines is 1. The van der Waals surface area contributed by atoms with Gasteiger partial charge in [0.15, 0.2) is 5.78 Å². The van der Waals surface area contributed by atoms with Gasteiger partial charge in [0, 0.05) is 73.9 Å². The first-order valence-corrected chi connectivity index (χ1v) is 26.1. The van der Waals surface area contributed by atoms with Crippen molar-refractivity contribution in [2.45, 2.75) is 122 Å². The summed E-state index contributed by atoms with van der Waals surface area (Å²) < 4.78 is 3.18. The number of fused-ring (bicyclic) bond motifs is 2. The summed E-state index contributed by atoms with van der Waals surface area (Å²) in [5, 5.41) is 5.52. The van der Waals surface area contributed by atoms with E-state index in [0.29, 0.717) is 42.2 Å². The van der Waals surface area contributed by atoms with Crippen molar-refractivity contribution < 1.29 is 14.4 Å². The van der Waals surface area contributed by atoms with Crippen molar-refractivity contribution >= 4 is 40.5 Å². The standard InChI is InChI=1S/C58H70N8O4/c1-36-29-50-49(47(21-25-60-50)46-16-19-54(59-4)61-34-46)33-48(36)38(3)64-27-23-43(24-28-64)42-12-14-45(15-13-42)56(68)44-8-6-7-39(9-11-44)35-65-26-22-41(30-37(65)2)31-40-10-17-51-53(32-40)63(5)58(70)66(51)52-18-20-55(67)62-57(52)69/h8,10,12-17,19,21,25,32-34,36-39,41,43,52H,6-7,9,11,18,20,22-24,26-31,35H2,1-5H3,(H,59,61)(H,62,67,69)/t36?,37-,38?,39?,41?,52?/m0/s1. The summed E-state index contributed by atoms with van der Waals surface area (Å²) in [6, 6.07) is 21.2. The molecule has 0 bridgehead atoms. The number of imide groups is 1. The second-order valence-electron chi connectivity index (χ2n) is 21.2. The Hall–Kier alpha value is -5.98. The number of imidazole rings is 1. The number of carbonyl (C=O) groups excluding carboxylic acids is 3. The summed E-state index contributed by atoms with van der Waals surface area (Å²) >= 11 is 0. The van der Waals surface area contributed by atoms with Gasteiger partial charge in [0.05, 0.1) is 11.0 Å². The van der Waals surface area contributed by atoms with Gasteiger partial charge in [-0.2, -0.15) is 0 Å². The number of pyridine rings is 2. The number of benzene rings is 2. The van der Waals surface area contributed by atoms with E-state index in [9.17, 15) is 19.2 Å². The number of amides is 2. The van der Waals surface area contributed by atoms with Crippen LogP contribution in [-0.2, 0) is 29.5 Å². The van der Waals surface area contributed by atoms with Crippen LogP contribution in [0.5, 0.6) is 0 Å². The zero-order chi connectivity index (χ0) is 48.6. The smallest absolute Gasteiger partial charge is 0.329 e. The molecule has 3 saturated heterocycles. The number of aromatic nitrogens is 4. The first-order chi connectivity index (χ1) is 33.9. The van der Waals surface area contributed by atoms with E-state index < -0.39 is 11.9 Å². The Labute approximate surface area is 412 Å². The zero-order valence-corrected chi connectivity index (χ0v) is 41.8. The minimum Gasteiger partial charge on any atom is -0.373 e. The molecule has 2 amide bonds. The minimum absolute atomic E-state index is 0.192. The molecule has 3 fully saturated rings. The lowest BCUT2D eigenvalue weighted by Gasteiger charge is -2.39. The van der Waals surface area contributed by atoms with Crippen LogP contribution in [0, 0.1) is 17.8 Å². The number of piperidine rings is 3. The number of hydrogen-bond donors (Lipinski definition) is 2. The van der Waals surface area contributed by atoms with E-state index in [1.165, 1.54) is 33.5 Å². The second-order valence-corrected chi connectivity index (χ2v) is 21.2. The van der Waals surface area contributed by atoms with Gasteiger partial charge >= 0.3 is 5.69 Å². The molecular weight excluding hydrogens is 873 g/mol. The van der Waals surface area contributed by atoms with Crippen molar-refractivity contribution in [1.82, 2.24) is 34.2 Å². The fourth-order valence-electron chi connectivity index (χ4n) is 12.7. The topological polar surface area (TPSA) is 134 Å². The largest absolute Gasteiger partial charge is 0.373 e. The van der Waals surface area contributed by atoms with E-state index in [4.69, 9.17) is 4.98 Å². The molecule has 12 nitrogen and oxygen atoms in total. The third-order valence-corrected chi connectivity index (χ3v) is 16.9. The van der Waals surface area contributed by atoms with Crippen LogP contribution in [0.3, 0.4) is 0 Å². The van der Waals surface area contributed by atoms with Crippen LogP contribution in [0.4, 0.5) is 5.82 Å². The Morgan fingerprint density at radius 2 is 1.69 bits per heavy atom. The third kappa shape index (κ3) is 9.73.